The van der Waals surface area contributed by atoms with Crippen molar-refractivity contribution in [1.82, 2.24) is 4.57 Å². The molecule has 0 aliphatic rings. The van der Waals surface area contributed by atoms with Gasteiger partial charge in [0.05, 0.1) is 0 Å². The summed E-state index contributed by atoms with van der Waals surface area (Å²) in [5.41, 5.74) is -0.0391. The molecule has 0 unspecified atom stereocenters. The lowest BCUT2D eigenvalue weighted by Gasteiger charge is -2.11. The molecule has 1 heterocycles. The molecule has 0 saturated carbocycles. The molecule has 0 fully saturated rings. The first-order valence-electron chi connectivity index (χ1n) is 5.27. The van der Waals surface area contributed by atoms with E-state index < -0.39 is 11.9 Å². The van der Waals surface area contributed by atoms with E-state index >= 15 is 0 Å². The van der Waals surface area contributed by atoms with E-state index in [9.17, 15) is 18.0 Å². The van der Waals surface area contributed by atoms with Gasteiger partial charge < -0.3 is 4.57 Å². The number of carbonyl (C=O) groups is 1. The van der Waals surface area contributed by atoms with Crippen molar-refractivity contribution < 1.29 is 18.0 Å². The molecule has 0 aliphatic heterocycles. The van der Waals surface area contributed by atoms with Crippen LogP contribution in [0, 0.1) is 0 Å². The van der Waals surface area contributed by atoms with Gasteiger partial charge in [0.25, 0.3) is 0 Å². The number of rotatable bonds is 3. The SMILES string of the molecule is O=Cc1cc(C(F)(F)F)n(Cc2ccccc2)c1. The van der Waals surface area contributed by atoms with E-state index in [-0.39, 0.29) is 12.1 Å². The monoisotopic (exact) mass is 253 g/mol. The first-order chi connectivity index (χ1) is 8.50. The van der Waals surface area contributed by atoms with Crippen molar-refractivity contribution in [3.63, 3.8) is 0 Å². The predicted molar refractivity (Wildman–Crippen MR) is 60.4 cm³/mol. The first kappa shape index (κ1) is 12.4. The van der Waals surface area contributed by atoms with Crippen LogP contribution in [0.5, 0.6) is 0 Å². The van der Waals surface area contributed by atoms with Crippen LogP contribution in [0.3, 0.4) is 0 Å². The Hall–Kier alpha value is -2.04. The Bertz CT molecular complexity index is 543. The molecule has 0 N–H and O–H groups in total. The smallest absolute Gasteiger partial charge is 0.339 e. The summed E-state index contributed by atoms with van der Waals surface area (Å²) in [7, 11) is 0. The Morgan fingerprint density at radius 2 is 1.83 bits per heavy atom. The molecule has 1 aromatic carbocycles. The molecule has 5 heteroatoms. The fourth-order valence-corrected chi connectivity index (χ4v) is 1.75. The van der Waals surface area contributed by atoms with E-state index in [1.54, 1.807) is 30.3 Å². The summed E-state index contributed by atoms with van der Waals surface area (Å²) in [4.78, 5) is 10.6. The highest BCUT2D eigenvalue weighted by Gasteiger charge is 2.34. The van der Waals surface area contributed by atoms with Gasteiger partial charge in [0.15, 0.2) is 6.29 Å². The normalized spacial score (nSPS) is 11.5. The van der Waals surface area contributed by atoms with E-state index in [1.807, 2.05) is 0 Å². The van der Waals surface area contributed by atoms with Crippen LogP contribution in [-0.4, -0.2) is 10.9 Å². The zero-order chi connectivity index (χ0) is 13.2. The van der Waals surface area contributed by atoms with Gasteiger partial charge >= 0.3 is 6.18 Å². The molecule has 2 nitrogen and oxygen atoms in total. The summed E-state index contributed by atoms with van der Waals surface area (Å²) in [5, 5.41) is 0. The van der Waals surface area contributed by atoms with Crippen molar-refractivity contribution in [1.29, 1.82) is 0 Å². The maximum absolute atomic E-state index is 12.8. The molecule has 94 valence electrons. The van der Waals surface area contributed by atoms with E-state index in [4.69, 9.17) is 0 Å². The van der Waals surface area contributed by atoms with Crippen molar-refractivity contribution in [3.05, 3.63) is 59.4 Å². The standard InChI is InChI=1S/C13H10F3NO/c14-13(15,16)12-6-11(9-18)8-17(12)7-10-4-2-1-3-5-10/h1-6,8-9H,7H2. The van der Waals surface area contributed by atoms with Gasteiger partial charge in [-0.15, -0.1) is 0 Å². The molecular weight excluding hydrogens is 243 g/mol. The maximum Gasteiger partial charge on any atom is 0.431 e. The van der Waals surface area contributed by atoms with Crippen LogP contribution in [0.1, 0.15) is 21.6 Å². The second-order valence-corrected chi connectivity index (χ2v) is 3.89. The number of carbonyl (C=O) groups excluding carboxylic acids is 1. The van der Waals surface area contributed by atoms with Crippen molar-refractivity contribution >= 4 is 6.29 Å². The lowest BCUT2D eigenvalue weighted by molar-refractivity contribution is -0.143. The average Bonchev–Trinajstić information content (AvgIpc) is 2.73. The highest BCUT2D eigenvalue weighted by atomic mass is 19.4. The lowest BCUT2D eigenvalue weighted by atomic mass is 10.2. The Morgan fingerprint density at radius 1 is 1.17 bits per heavy atom. The van der Waals surface area contributed by atoms with E-state index in [0.717, 1.165) is 16.2 Å². The first-order valence-corrected chi connectivity index (χ1v) is 5.27. The maximum atomic E-state index is 12.8. The number of nitrogens with zero attached hydrogens (tertiary/aromatic N) is 1. The third kappa shape index (κ3) is 2.61. The molecule has 0 radical (unpaired) electrons. The minimum atomic E-state index is -4.46. The van der Waals surface area contributed by atoms with Crippen molar-refractivity contribution in [2.45, 2.75) is 12.7 Å². The second kappa shape index (κ2) is 4.68. The number of halogens is 3. The largest absolute Gasteiger partial charge is 0.431 e. The van der Waals surface area contributed by atoms with Crippen LogP contribution in [0.2, 0.25) is 0 Å². The van der Waals surface area contributed by atoms with Crippen molar-refractivity contribution in [2.24, 2.45) is 0 Å². The number of alkyl halides is 3. The molecule has 2 aromatic rings. The summed E-state index contributed by atoms with van der Waals surface area (Å²) in [6, 6.07) is 9.64. The number of hydrogen-bond acceptors (Lipinski definition) is 1. The number of benzene rings is 1. The number of aldehydes is 1. The van der Waals surface area contributed by atoms with Gasteiger partial charge in [-0.1, -0.05) is 30.3 Å². The minimum Gasteiger partial charge on any atom is -0.339 e. The lowest BCUT2D eigenvalue weighted by Crippen LogP contribution is -2.13. The molecule has 0 bridgehead atoms. The number of hydrogen-bond donors (Lipinski definition) is 0. The average molecular weight is 253 g/mol. The summed E-state index contributed by atoms with van der Waals surface area (Å²) in [6.07, 6.45) is -2.84. The van der Waals surface area contributed by atoms with Crippen LogP contribution in [0.25, 0.3) is 0 Å². The molecule has 0 atom stereocenters. The van der Waals surface area contributed by atoms with Gasteiger partial charge in [-0.05, 0) is 11.6 Å². The molecule has 1 aromatic heterocycles. The topological polar surface area (TPSA) is 22.0 Å². The molecule has 0 amide bonds. The van der Waals surface area contributed by atoms with Gasteiger partial charge in [-0.25, -0.2) is 0 Å². The highest BCUT2D eigenvalue weighted by molar-refractivity contribution is 5.74. The quantitative estimate of drug-likeness (QED) is 0.769. The predicted octanol–water partition coefficient (Wildman–Crippen LogP) is 3.37. The van der Waals surface area contributed by atoms with Crippen molar-refractivity contribution in [2.75, 3.05) is 0 Å². The fraction of sp³-hybridized carbons (Fsp3) is 0.154. The van der Waals surface area contributed by atoms with E-state index in [1.165, 1.54) is 6.20 Å². The van der Waals surface area contributed by atoms with Crippen LogP contribution >= 0.6 is 0 Å². The van der Waals surface area contributed by atoms with Gasteiger partial charge in [0.2, 0.25) is 0 Å². The van der Waals surface area contributed by atoms with Gasteiger partial charge in [-0.3, -0.25) is 4.79 Å². The fourth-order valence-electron chi connectivity index (χ4n) is 1.75. The Morgan fingerprint density at radius 3 is 2.39 bits per heavy atom. The van der Waals surface area contributed by atoms with Gasteiger partial charge in [0, 0.05) is 18.3 Å². The third-order valence-corrected chi connectivity index (χ3v) is 2.54. The highest BCUT2D eigenvalue weighted by Crippen LogP contribution is 2.31. The van der Waals surface area contributed by atoms with Crippen molar-refractivity contribution in [3.8, 4) is 0 Å². The second-order valence-electron chi connectivity index (χ2n) is 3.89. The Balaban J connectivity index is 2.38. The zero-order valence-electron chi connectivity index (χ0n) is 9.32. The molecule has 2 rings (SSSR count). The molecule has 0 saturated heterocycles. The molecule has 18 heavy (non-hydrogen) atoms. The van der Waals surface area contributed by atoms with Crippen LogP contribution in [-0.2, 0) is 12.7 Å². The summed E-state index contributed by atoms with van der Waals surface area (Å²) in [5.74, 6) is 0. The molecule has 0 aliphatic carbocycles. The minimum absolute atomic E-state index is 0.0262. The Kier molecular flexibility index (Phi) is 3.23. The van der Waals surface area contributed by atoms with E-state index in [2.05, 4.69) is 0 Å². The van der Waals surface area contributed by atoms with E-state index in [0.29, 0.717) is 6.29 Å². The zero-order valence-corrected chi connectivity index (χ0v) is 9.32. The molecular formula is C13H10F3NO. The van der Waals surface area contributed by atoms with Crippen LogP contribution in [0.15, 0.2) is 42.6 Å². The summed E-state index contributed by atoms with van der Waals surface area (Å²) >= 11 is 0. The molecule has 0 spiro atoms. The Labute approximate surface area is 102 Å². The van der Waals surface area contributed by atoms with Gasteiger partial charge in [0.1, 0.15) is 5.69 Å². The van der Waals surface area contributed by atoms with Crippen LogP contribution < -0.4 is 0 Å². The van der Waals surface area contributed by atoms with Crippen LogP contribution in [0.4, 0.5) is 13.2 Å². The third-order valence-electron chi connectivity index (χ3n) is 2.54. The summed E-state index contributed by atoms with van der Waals surface area (Å²) < 4.78 is 39.3. The number of aromatic nitrogens is 1. The summed E-state index contributed by atoms with van der Waals surface area (Å²) in [6.45, 7) is 0.0868. The van der Waals surface area contributed by atoms with Gasteiger partial charge in [-0.2, -0.15) is 13.2 Å².